The van der Waals surface area contributed by atoms with Gasteiger partial charge in [-0.15, -0.1) is 21.5 Å². The summed E-state index contributed by atoms with van der Waals surface area (Å²) < 4.78 is 1.08. The summed E-state index contributed by atoms with van der Waals surface area (Å²) in [5.74, 6) is 0.501. The maximum Gasteiger partial charge on any atom is 0.273 e. The van der Waals surface area contributed by atoms with Crippen LogP contribution in [0.15, 0.2) is 28.1 Å². The zero-order valence-electron chi connectivity index (χ0n) is 10.6. The summed E-state index contributed by atoms with van der Waals surface area (Å²) in [6.45, 7) is 0.686. The highest BCUT2D eigenvalue weighted by atomic mass is 79.9. The highest BCUT2D eigenvalue weighted by Gasteiger charge is 2.09. The van der Waals surface area contributed by atoms with E-state index in [1.54, 1.807) is 37.6 Å². The topological polar surface area (TPSA) is 58.1 Å². The Morgan fingerprint density at radius 2 is 2.21 bits per heavy atom. The first kappa shape index (κ1) is 14.0. The van der Waals surface area contributed by atoms with E-state index in [-0.39, 0.29) is 5.91 Å². The number of aromatic nitrogens is 2. The first-order valence-corrected chi connectivity index (χ1v) is 7.25. The van der Waals surface area contributed by atoms with Crippen LogP contribution in [0.4, 0.5) is 5.82 Å². The first-order valence-electron chi connectivity index (χ1n) is 5.58. The summed E-state index contributed by atoms with van der Waals surface area (Å²) in [5.41, 5.74) is 0.342. The van der Waals surface area contributed by atoms with Gasteiger partial charge in [0.1, 0.15) is 5.82 Å². The number of hydrogen-bond donors (Lipinski definition) is 1. The van der Waals surface area contributed by atoms with Gasteiger partial charge in [-0.3, -0.25) is 4.79 Å². The summed E-state index contributed by atoms with van der Waals surface area (Å²) in [5, 5.41) is 13.1. The van der Waals surface area contributed by atoms with Crippen LogP contribution >= 0.6 is 27.3 Å². The summed E-state index contributed by atoms with van der Waals surface area (Å²) in [4.78, 5) is 14.3. The number of nitrogens with zero attached hydrogens (tertiary/aromatic N) is 3. The van der Waals surface area contributed by atoms with Crippen LogP contribution in [0.5, 0.6) is 0 Å². The van der Waals surface area contributed by atoms with Gasteiger partial charge in [0, 0.05) is 28.8 Å². The molecule has 2 aromatic rings. The molecule has 0 saturated heterocycles. The van der Waals surface area contributed by atoms with Crippen molar-refractivity contribution in [1.29, 1.82) is 0 Å². The molecule has 0 atom stereocenters. The van der Waals surface area contributed by atoms with Crippen LogP contribution in [0.2, 0.25) is 0 Å². The molecule has 1 amide bonds. The van der Waals surface area contributed by atoms with Crippen molar-refractivity contribution in [3.63, 3.8) is 0 Å². The van der Waals surface area contributed by atoms with Gasteiger partial charge in [0.05, 0.1) is 6.54 Å². The Bertz CT molecular complexity index is 567. The average molecular weight is 341 g/mol. The Kier molecular flexibility index (Phi) is 4.49. The van der Waals surface area contributed by atoms with Crippen LogP contribution in [-0.4, -0.2) is 35.1 Å². The highest BCUT2D eigenvalue weighted by molar-refractivity contribution is 9.10. The van der Waals surface area contributed by atoms with Gasteiger partial charge in [-0.2, -0.15) is 0 Å². The quantitative estimate of drug-likeness (QED) is 0.929. The zero-order valence-corrected chi connectivity index (χ0v) is 13.0. The Hall–Kier alpha value is -1.47. The number of rotatable bonds is 4. The Labute approximate surface area is 123 Å². The van der Waals surface area contributed by atoms with E-state index in [2.05, 4.69) is 37.5 Å². The Morgan fingerprint density at radius 3 is 2.74 bits per heavy atom. The van der Waals surface area contributed by atoms with E-state index < -0.39 is 0 Å². The summed E-state index contributed by atoms with van der Waals surface area (Å²) in [6.07, 6.45) is 0. The van der Waals surface area contributed by atoms with Crippen molar-refractivity contribution < 1.29 is 4.79 Å². The third kappa shape index (κ3) is 3.74. The lowest BCUT2D eigenvalue weighted by Gasteiger charge is -2.09. The van der Waals surface area contributed by atoms with Crippen molar-refractivity contribution in [3.05, 3.63) is 38.6 Å². The standard InChI is InChI=1S/C12H13BrN4OS/c1-17(2)12(18)10-3-4-11(16-15-10)14-6-9-5-8(13)7-19-9/h3-5,7H,6H2,1-2H3,(H,14,16). The second kappa shape index (κ2) is 6.12. The van der Waals surface area contributed by atoms with Crippen LogP contribution in [0.3, 0.4) is 0 Å². The van der Waals surface area contributed by atoms with Crippen molar-refractivity contribution in [1.82, 2.24) is 15.1 Å². The minimum Gasteiger partial charge on any atom is -0.364 e. The lowest BCUT2D eigenvalue weighted by molar-refractivity contribution is 0.0821. The molecule has 0 bridgehead atoms. The van der Waals surface area contributed by atoms with Crippen molar-refractivity contribution in [2.24, 2.45) is 0 Å². The molecular formula is C12H13BrN4OS. The third-order valence-corrected chi connectivity index (χ3v) is 4.05. The predicted molar refractivity (Wildman–Crippen MR) is 79.4 cm³/mol. The SMILES string of the molecule is CN(C)C(=O)c1ccc(NCc2cc(Br)cs2)nn1. The average Bonchev–Trinajstić information content (AvgIpc) is 2.82. The summed E-state index contributed by atoms with van der Waals surface area (Å²) in [7, 11) is 3.37. The molecule has 0 aromatic carbocycles. The van der Waals surface area contributed by atoms with Crippen LogP contribution in [0.1, 0.15) is 15.4 Å². The molecule has 0 spiro atoms. The van der Waals surface area contributed by atoms with Gasteiger partial charge in [-0.1, -0.05) is 0 Å². The molecule has 0 aliphatic carbocycles. The molecule has 1 N–H and O–H groups in total. The van der Waals surface area contributed by atoms with E-state index in [9.17, 15) is 4.79 Å². The lowest BCUT2D eigenvalue weighted by Crippen LogP contribution is -2.23. The van der Waals surface area contributed by atoms with E-state index >= 15 is 0 Å². The molecule has 0 radical (unpaired) electrons. The van der Waals surface area contributed by atoms with E-state index in [0.29, 0.717) is 18.1 Å². The van der Waals surface area contributed by atoms with Crippen molar-refractivity contribution in [2.45, 2.75) is 6.54 Å². The van der Waals surface area contributed by atoms with Gasteiger partial charge < -0.3 is 10.2 Å². The van der Waals surface area contributed by atoms with Gasteiger partial charge in [-0.05, 0) is 34.1 Å². The second-order valence-electron chi connectivity index (χ2n) is 4.09. The summed E-state index contributed by atoms with van der Waals surface area (Å²) >= 11 is 5.07. The fourth-order valence-corrected chi connectivity index (χ4v) is 2.78. The molecular weight excluding hydrogens is 328 g/mol. The lowest BCUT2D eigenvalue weighted by atomic mass is 10.3. The van der Waals surface area contributed by atoms with Gasteiger partial charge in [0.15, 0.2) is 5.69 Å². The van der Waals surface area contributed by atoms with E-state index in [1.807, 2.05) is 5.38 Å². The number of hydrogen-bond acceptors (Lipinski definition) is 5. The van der Waals surface area contributed by atoms with Crippen LogP contribution < -0.4 is 5.32 Å². The van der Waals surface area contributed by atoms with Crippen molar-refractivity contribution in [2.75, 3.05) is 19.4 Å². The Balaban J connectivity index is 1.97. The fourth-order valence-electron chi connectivity index (χ4n) is 1.39. The fraction of sp³-hybridized carbons (Fsp3) is 0.250. The number of thiophene rings is 1. The molecule has 0 unspecified atom stereocenters. The Morgan fingerprint density at radius 1 is 1.42 bits per heavy atom. The number of halogens is 1. The number of carbonyl (C=O) groups is 1. The van der Waals surface area contributed by atoms with Gasteiger partial charge in [-0.25, -0.2) is 0 Å². The smallest absolute Gasteiger partial charge is 0.273 e. The molecule has 0 aliphatic rings. The van der Waals surface area contributed by atoms with Gasteiger partial charge in [0.25, 0.3) is 5.91 Å². The van der Waals surface area contributed by atoms with Crippen LogP contribution in [-0.2, 0) is 6.54 Å². The maximum absolute atomic E-state index is 11.6. The minimum absolute atomic E-state index is 0.152. The van der Waals surface area contributed by atoms with Gasteiger partial charge >= 0.3 is 0 Å². The predicted octanol–water partition coefficient (Wildman–Crippen LogP) is 2.61. The van der Waals surface area contributed by atoms with E-state index in [4.69, 9.17) is 0 Å². The first-order chi connectivity index (χ1) is 9.06. The van der Waals surface area contributed by atoms with Crippen molar-refractivity contribution in [3.8, 4) is 0 Å². The molecule has 5 nitrogen and oxygen atoms in total. The number of nitrogens with one attached hydrogen (secondary N) is 1. The van der Waals surface area contributed by atoms with Crippen molar-refractivity contribution >= 4 is 39.0 Å². The molecule has 19 heavy (non-hydrogen) atoms. The molecule has 2 aromatic heterocycles. The molecule has 7 heteroatoms. The zero-order chi connectivity index (χ0) is 13.8. The normalized spacial score (nSPS) is 10.3. The van der Waals surface area contributed by atoms with Gasteiger partial charge in [0.2, 0.25) is 0 Å². The largest absolute Gasteiger partial charge is 0.364 e. The van der Waals surface area contributed by atoms with Crippen LogP contribution in [0, 0.1) is 0 Å². The molecule has 2 rings (SSSR count). The number of amides is 1. The molecule has 0 aliphatic heterocycles. The van der Waals surface area contributed by atoms with Crippen LogP contribution in [0.25, 0.3) is 0 Å². The van der Waals surface area contributed by atoms with E-state index in [1.165, 1.54) is 9.78 Å². The molecule has 0 saturated carbocycles. The summed E-state index contributed by atoms with van der Waals surface area (Å²) in [6, 6.07) is 5.48. The maximum atomic E-state index is 11.6. The number of carbonyl (C=O) groups excluding carboxylic acids is 1. The minimum atomic E-state index is -0.152. The second-order valence-corrected chi connectivity index (χ2v) is 6.00. The monoisotopic (exact) mass is 340 g/mol. The molecule has 0 fully saturated rings. The number of anilines is 1. The molecule has 2 heterocycles. The molecule has 100 valence electrons. The van der Waals surface area contributed by atoms with E-state index in [0.717, 1.165) is 4.47 Å². The third-order valence-electron chi connectivity index (χ3n) is 2.36. The highest BCUT2D eigenvalue weighted by Crippen LogP contribution is 2.20.